The van der Waals surface area contributed by atoms with Gasteiger partial charge in [-0.3, -0.25) is 0 Å². The van der Waals surface area contributed by atoms with Crippen LogP contribution in [-0.2, 0) is 0 Å². The molecule has 0 amide bonds. The third kappa shape index (κ3) is 6.32. The first-order valence-electron chi connectivity index (χ1n) is 18.8. The molecular formula is C52H32N4O. The van der Waals surface area contributed by atoms with E-state index in [4.69, 9.17) is 19.4 Å². The molecule has 2 aromatic heterocycles. The summed E-state index contributed by atoms with van der Waals surface area (Å²) in [7, 11) is 0. The second kappa shape index (κ2) is 14.4. The normalized spacial score (nSPS) is 11.1. The number of hydrogen-bond donors (Lipinski definition) is 0. The van der Waals surface area contributed by atoms with Crippen molar-refractivity contribution >= 4 is 21.9 Å². The highest BCUT2D eigenvalue weighted by molar-refractivity contribution is 6.17. The molecule has 0 fully saturated rings. The summed E-state index contributed by atoms with van der Waals surface area (Å²) in [5, 5.41) is 11.3. The molecular weight excluding hydrogens is 697 g/mol. The number of nitrogens with zero attached hydrogens (tertiary/aromatic N) is 4. The third-order valence-corrected chi connectivity index (χ3v) is 10.4. The molecule has 57 heavy (non-hydrogen) atoms. The molecule has 0 aliphatic rings. The number of nitriles is 1. The van der Waals surface area contributed by atoms with Gasteiger partial charge in [0.25, 0.3) is 0 Å². The summed E-state index contributed by atoms with van der Waals surface area (Å²) in [6, 6.07) is 68.1. The van der Waals surface area contributed by atoms with Gasteiger partial charge in [-0.2, -0.15) is 5.26 Å². The molecule has 0 bridgehead atoms. The first-order valence-corrected chi connectivity index (χ1v) is 18.8. The molecule has 5 heteroatoms. The van der Waals surface area contributed by atoms with E-state index in [2.05, 4.69) is 103 Å². The molecule has 0 aliphatic carbocycles. The zero-order valence-electron chi connectivity index (χ0n) is 30.7. The van der Waals surface area contributed by atoms with Crippen molar-refractivity contribution in [2.45, 2.75) is 0 Å². The van der Waals surface area contributed by atoms with Gasteiger partial charge in [0.05, 0.1) is 11.6 Å². The molecule has 0 N–H and O–H groups in total. The summed E-state index contributed by atoms with van der Waals surface area (Å²) in [5.74, 6) is 1.69. The Morgan fingerprint density at radius 3 is 1.56 bits per heavy atom. The Hall–Kier alpha value is -7.94. The zero-order chi connectivity index (χ0) is 38.1. The lowest BCUT2D eigenvalue weighted by Crippen LogP contribution is -2.01. The summed E-state index contributed by atoms with van der Waals surface area (Å²) < 4.78 is 6.89. The number of hydrogen-bond acceptors (Lipinski definition) is 5. The molecule has 2 heterocycles. The van der Waals surface area contributed by atoms with Crippen LogP contribution in [0.5, 0.6) is 0 Å². The van der Waals surface area contributed by atoms with E-state index < -0.39 is 0 Å². The van der Waals surface area contributed by atoms with Crippen LogP contribution in [0, 0.1) is 11.3 Å². The van der Waals surface area contributed by atoms with Gasteiger partial charge >= 0.3 is 0 Å². The maximum absolute atomic E-state index is 9.26. The minimum atomic E-state index is 0.548. The Balaban J connectivity index is 1.16. The molecule has 10 rings (SSSR count). The summed E-state index contributed by atoms with van der Waals surface area (Å²) in [4.78, 5) is 15.3. The maximum atomic E-state index is 9.26. The summed E-state index contributed by atoms with van der Waals surface area (Å²) >= 11 is 0. The van der Waals surface area contributed by atoms with Crippen LogP contribution in [0.15, 0.2) is 199 Å². The van der Waals surface area contributed by atoms with Crippen LogP contribution < -0.4 is 0 Å². The molecule has 0 unspecified atom stereocenters. The van der Waals surface area contributed by atoms with Gasteiger partial charge in [-0.25, -0.2) is 15.0 Å². The average Bonchev–Trinajstić information content (AvgIpc) is 3.69. The standard InChI is InChI=1S/C52H32N4O/c53-33-34-22-24-36(25-23-34)37-26-28-40(29-27-37)51-54-50(39-16-8-3-9-17-39)55-52(56-51)45-31-30-44-48-43(42-19-10-18-41(32-42)35-12-4-1-5-13-35)20-11-21-46(48)57-49(44)47(45)38-14-6-2-7-15-38/h1-32H. The molecule has 0 aliphatic heterocycles. The Morgan fingerprint density at radius 1 is 0.386 bits per heavy atom. The van der Waals surface area contributed by atoms with Crippen LogP contribution in [-0.4, -0.2) is 15.0 Å². The number of benzene rings is 8. The molecule has 0 spiro atoms. The smallest absolute Gasteiger partial charge is 0.164 e. The minimum absolute atomic E-state index is 0.548. The van der Waals surface area contributed by atoms with E-state index in [-0.39, 0.29) is 0 Å². The number of furan rings is 1. The molecule has 266 valence electrons. The van der Waals surface area contributed by atoms with Gasteiger partial charge in [0.15, 0.2) is 17.5 Å². The quantitative estimate of drug-likeness (QED) is 0.163. The summed E-state index contributed by atoms with van der Waals surface area (Å²) in [6.45, 7) is 0. The van der Waals surface area contributed by atoms with E-state index in [1.165, 1.54) is 5.56 Å². The molecule has 8 aromatic carbocycles. The van der Waals surface area contributed by atoms with Crippen molar-refractivity contribution in [3.05, 3.63) is 200 Å². The van der Waals surface area contributed by atoms with Crippen LogP contribution in [0.2, 0.25) is 0 Å². The monoisotopic (exact) mass is 728 g/mol. The van der Waals surface area contributed by atoms with Gasteiger partial charge in [0.1, 0.15) is 11.2 Å². The highest BCUT2D eigenvalue weighted by atomic mass is 16.3. The molecule has 0 radical (unpaired) electrons. The molecule has 0 saturated heterocycles. The Labute approximate surface area is 329 Å². The van der Waals surface area contributed by atoms with E-state index in [1.807, 2.05) is 97.1 Å². The lowest BCUT2D eigenvalue weighted by atomic mass is 9.93. The van der Waals surface area contributed by atoms with Crippen molar-refractivity contribution in [1.29, 1.82) is 5.26 Å². The van der Waals surface area contributed by atoms with Crippen LogP contribution in [0.1, 0.15) is 5.56 Å². The topological polar surface area (TPSA) is 75.6 Å². The Morgan fingerprint density at radius 2 is 0.895 bits per heavy atom. The predicted molar refractivity (Wildman–Crippen MR) is 230 cm³/mol. The lowest BCUT2D eigenvalue weighted by molar-refractivity contribution is 0.670. The largest absolute Gasteiger partial charge is 0.455 e. The number of fused-ring (bicyclic) bond motifs is 3. The van der Waals surface area contributed by atoms with Crippen LogP contribution >= 0.6 is 0 Å². The third-order valence-electron chi connectivity index (χ3n) is 10.4. The van der Waals surface area contributed by atoms with Crippen LogP contribution in [0.3, 0.4) is 0 Å². The fourth-order valence-electron chi connectivity index (χ4n) is 7.60. The molecule has 0 atom stereocenters. The second-order valence-corrected chi connectivity index (χ2v) is 13.9. The van der Waals surface area contributed by atoms with Gasteiger partial charge in [0, 0.05) is 33.0 Å². The minimum Gasteiger partial charge on any atom is -0.455 e. The van der Waals surface area contributed by atoms with Gasteiger partial charge in [0.2, 0.25) is 0 Å². The van der Waals surface area contributed by atoms with Crippen molar-refractivity contribution in [2.24, 2.45) is 0 Å². The highest BCUT2D eigenvalue weighted by Crippen LogP contribution is 2.44. The fraction of sp³-hybridized carbons (Fsp3) is 0. The van der Waals surface area contributed by atoms with Crippen molar-refractivity contribution in [3.63, 3.8) is 0 Å². The Bertz CT molecular complexity index is 3100. The average molecular weight is 729 g/mol. The van der Waals surface area contributed by atoms with E-state index in [9.17, 15) is 5.26 Å². The van der Waals surface area contributed by atoms with Gasteiger partial charge in [-0.1, -0.05) is 158 Å². The van der Waals surface area contributed by atoms with Gasteiger partial charge in [-0.15, -0.1) is 0 Å². The van der Waals surface area contributed by atoms with E-state index in [1.54, 1.807) is 0 Å². The fourth-order valence-corrected chi connectivity index (χ4v) is 7.60. The number of rotatable bonds is 7. The van der Waals surface area contributed by atoms with Crippen LogP contribution in [0.25, 0.3) is 101 Å². The molecule has 10 aromatic rings. The van der Waals surface area contributed by atoms with E-state index in [0.29, 0.717) is 23.0 Å². The molecule has 5 nitrogen and oxygen atoms in total. The van der Waals surface area contributed by atoms with Crippen molar-refractivity contribution in [1.82, 2.24) is 15.0 Å². The van der Waals surface area contributed by atoms with E-state index >= 15 is 0 Å². The second-order valence-electron chi connectivity index (χ2n) is 13.9. The van der Waals surface area contributed by atoms with E-state index in [0.717, 1.165) is 77.6 Å². The summed E-state index contributed by atoms with van der Waals surface area (Å²) in [6.07, 6.45) is 0. The Kier molecular flexibility index (Phi) is 8.48. The highest BCUT2D eigenvalue weighted by Gasteiger charge is 2.22. The first-order chi connectivity index (χ1) is 28.2. The van der Waals surface area contributed by atoms with Gasteiger partial charge in [-0.05, 0) is 75.3 Å². The van der Waals surface area contributed by atoms with Crippen molar-refractivity contribution in [3.8, 4) is 84.7 Å². The van der Waals surface area contributed by atoms with Crippen molar-refractivity contribution in [2.75, 3.05) is 0 Å². The summed E-state index contributed by atoms with van der Waals surface area (Å²) in [5.41, 5.74) is 13.4. The van der Waals surface area contributed by atoms with Gasteiger partial charge < -0.3 is 4.42 Å². The molecule has 0 saturated carbocycles. The lowest BCUT2D eigenvalue weighted by Gasteiger charge is -2.13. The number of aromatic nitrogens is 3. The zero-order valence-corrected chi connectivity index (χ0v) is 30.7. The van der Waals surface area contributed by atoms with Crippen molar-refractivity contribution < 1.29 is 4.42 Å². The maximum Gasteiger partial charge on any atom is 0.164 e. The first kappa shape index (κ1) is 33.6. The van der Waals surface area contributed by atoms with Crippen LogP contribution in [0.4, 0.5) is 0 Å². The SMILES string of the molecule is N#Cc1ccc(-c2ccc(-c3nc(-c4ccccc4)nc(-c4ccc5c(oc6cccc(-c7cccc(-c8ccccc8)c7)c65)c4-c4ccccc4)n3)cc2)cc1. The predicted octanol–water partition coefficient (Wildman–Crippen LogP) is 13.3.